The zero-order valence-corrected chi connectivity index (χ0v) is 10.5. The number of rotatable bonds is 7. The molecule has 1 N–H and O–H groups in total. The standard InChI is InChI=1S/C12H24N2O/c1-5-6-7-8-9-10-12(15)13-11-14(2,3)4/h9-10H,5-8,11H2,1-4H3/p+1/b10-9+. The minimum atomic E-state index is 0.0135. The summed E-state index contributed by atoms with van der Waals surface area (Å²) in [7, 11) is 6.14. The van der Waals surface area contributed by atoms with Crippen LogP contribution in [0.15, 0.2) is 12.2 Å². The van der Waals surface area contributed by atoms with Gasteiger partial charge in [0.25, 0.3) is 0 Å². The Hall–Kier alpha value is -0.830. The number of carbonyl (C=O) groups excluding carboxylic acids is 1. The van der Waals surface area contributed by atoms with E-state index in [4.69, 9.17) is 0 Å². The molecule has 0 aliphatic heterocycles. The van der Waals surface area contributed by atoms with Crippen LogP contribution < -0.4 is 5.32 Å². The maximum atomic E-state index is 11.3. The van der Waals surface area contributed by atoms with E-state index in [1.54, 1.807) is 6.08 Å². The molecule has 0 heterocycles. The van der Waals surface area contributed by atoms with Gasteiger partial charge in [0.05, 0.1) is 21.1 Å². The van der Waals surface area contributed by atoms with Gasteiger partial charge in [-0.15, -0.1) is 0 Å². The molecule has 0 spiro atoms. The maximum absolute atomic E-state index is 11.3. The third-order valence-corrected chi connectivity index (χ3v) is 1.97. The van der Waals surface area contributed by atoms with Gasteiger partial charge in [-0.1, -0.05) is 25.8 Å². The van der Waals surface area contributed by atoms with Gasteiger partial charge >= 0.3 is 0 Å². The average Bonchev–Trinajstić information content (AvgIpc) is 2.13. The Morgan fingerprint density at radius 2 is 1.93 bits per heavy atom. The smallest absolute Gasteiger partial charge is 0.247 e. The molecule has 3 heteroatoms. The molecule has 0 rings (SSSR count). The Kier molecular flexibility index (Phi) is 7.05. The summed E-state index contributed by atoms with van der Waals surface area (Å²) in [6.45, 7) is 2.84. The number of amides is 1. The lowest BCUT2D eigenvalue weighted by atomic mass is 10.2. The first-order valence-electron chi connectivity index (χ1n) is 5.70. The Labute approximate surface area is 93.7 Å². The van der Waals surface area contributed by atoms with E-state index in [-0.39, 0.29) is 5.91 Å². The van der Waals surface area contributed by atoms with E-state index in [2.05, 4.69) is 12.2 Å². The van der Waals surface area contributed by atoms with Crippen molar-refractivity contribution < 1.29 is 9.28 Å². The minimum absolute atomic E-state index is 0.0135. The van der Waals surface area contributed by atoms with Crippen LogP contribution in [-0.2, 0) is 4.79 Å². The SMILES string of the molecule is CCCCC/C=C/C(=O)NC[N+](C)(C)C. The molecule has 0 aliphatic rings. The van der Waals surface area contributed by atoms with Crippen LogP contribution in [0.4, 0.5) is 0 Å². The van der Waals surface area contributed by atoms with E-state index >= 15 is 0 Å². The molecule has 0 saturated heterocycles. The normalized spacial score (nSPS) is 12.0. The molecule has 15 heavy (non-hydrogen) atoms. The van der Waals surface area contributed by atoms with Crippen LogP contribution >= 0.6 is 0 Å². The van der Waals surface area contributed by atoms with E-state index < -0.39 is 0 Å². The highest BCUT2D eigenvalue weighted by atomic mass is 16.1. The fraction of sp³-hybridized carbons (Fsp3) is 0.750. The Morgan fingerprint density at radius 1 is 1.27 bits per heavy atom. The van der Waals surface area contributed by atoms with Crippen molar-refractivity contribution in [2.24, 2.45) is 0 Å². The number of carbonyl (C=O) groups is 1. The quantitative estimate of drug-likeness (QED) is 0.298. The molecule has 88 valence electrons. The molecule has 0 saturated carbocycles. The third-order valence-electron chi connectivity index (χ3n) is 1.97. The van der Waals surface area contributed by atoms with Gasteiger partial charge < -0.3 is 9.80 Å². The van der Waals surface area contributed by atoms with Crippen molar-refractivity contribution in [3.8, 4) is 0 Å². The van der Waals surface area contributed by atoms with Crippen LogP contribution in [0.3, 0.4) is 0 Å². The van der Waals surface area contributed by atoms with Gasteiger partial charge in [0.1, 0.15) is 0 Å². The number of allylic oxidation sites excluding steroid dienone is 1. The van der Waals surface area contributed by atoms with E-state index in [1.165, 1.54) is 19.3 Å². The maximum Gasteiger partial charge on any atom is 0.247 e. The Bertz CT molecular complexity index is 204. The zero-order chi connectivity index (χ0) is 11.7. The van der Waals surface area contributed by atoms with Crippen molar-refractivity contribution in [1.29, 1.82) is 0 Å². The Morgan fingerprint density at radius 3 is 2.47 bits per heavy atom. The van der Waals surface area contributed by atoms with Gasteiger partial charge in [-0.3, -0.25) is 4.79 Å². The molecule has 0 bridgehead atoms. The van der Waals surface area contributed by atoms with Crippen molar-refractivity contribution in [3.63, 3.8) is 0 Å². The van der Waals surface area contributed by atoms with Crippen LogP contribution in [0.1, 0.15) is 32.6 Å². The molecule has 0 radical (unpaired) electrons. The van der Waals surface area contributed by atoms with Crippen LogP contribution in [0.2, 0.25) is 0 Å². The molecule has 0 aromatic carbocycles. The second kappa shape index (κ2) is 7.46. The van der Waals surface area contributed by atoms with Gasteiger partial charge in [0, 0.05) is 0 Å². The molecule has 0 atom stereocenters. The van der Waals surface area contributed by atoms with Crippen molar-refractivity contribution >= 4 is 5.91 Å². The van der Waals surface area contributed by atoms with Gasteiger partial charge in [-0.25, -0.2) is 0 Å². The van der Waals surface area contributed by atoms with Gasteiger partial charge in [-0.05, 0) is 18.9 Å². The molecule has 0 aromatic rings. The van der Waals surface area contributed by atoms with Crippen molar-refractivity contribution in [2.45, 2.75) is 32.6 Å². The summed E-state index contributed by atoms with van der Waals surface area (Å²) in [6, 6.07) is 0. The summed E-state index contributed by atoms with van der Waals surface area (Å²) < 4.78 is 0.745. The zero-order valence-electron chi connectivity index (χ0n) is 10.5. The number of nitrogens with zero attached hydrogens (tertiary/aromatic N) is 1. The van der Waals surface area contributed by atoms with Crippen molar-refractivity contribution in [3.05, 3.63) is 12.2 Å². The molecule has 0 aliphatic carbocycles. The van der Waals surface area contributed by atoms with Crippen LogP contribution in [0, 0.1) is 0 Å². The summed E-state index contributed by atoms with van der Waals surface area (Å²) in [5, 5.41) is 2.86. The Balaban J connectivity index is 3.56. The number of unbranched alkanes of at least 4 members (excludes halogenated alkanes) is 3. The molecule has 0 unspecified atom stereocenters. The van der Waals surface area contributed by atoms with Crippen LogP contribution in [0.25, 0.3) is 0 Å². The molecule has 0 fully saturated rings. The summed E-state index contributed by atoms with van der Waals surface area (Å²) in [5.41, 5.74) is 0. The van der Waals surface area contributed by atoms with E-state index in [0.717, 1.165) is 10.9 Å². The van der Waals surface area contributed by atoms with Crippen molar-refractivity contribution in [1.82, 2.24) is 5.32 Å². The van der Waals surface area contributed by atoms with E-state index in [1.807, 2.05) is 27.2 Å². The van der Waals surface area contributed by atoms with Crippen LogP contribution in [0.5, 0.6) is 0 Å². The van der Waals surface area contributed by atoms with Crippen molar-refractivity contribution in [2.75, 3.05) is 27.8 Å². The molecule has 3 nitrogen and oxygen atoms in total. The topological polar surface area (TPSA) is 29.1 Å². The van der Waals surface area contributed by atoms with E-state index in [0.29, 0.717) is 6.67 Å². The number of nitrogens with one attached hydrogen (secondary N) is 1. The largest absolute Gasteiger partial charge is 0.314 e. The summed E-state index contributed by atoms with van der Waals surface area (Å²) >= 11 is 0. The van der Waals surface area contributed by atoms with E-state index in [9.17, 15) is 4.79 Å². The number of hydrogen-bond donors (Lipinski definition) is 1. The highest BCUT2D eigenvalue weighted by Crippen LogP contribution is 1.99. The molecular weight excluding hydrogens is 188 g/mol. The first-order chi connectivity index (χ1) is 6.95. The highest BCUT2D eigenvalue weighted by Gasteiger charge is 2.06. The lowest BCUT2D eigenvalue weighted by Gasteiger charge is -2.23. The summed E-state index contributed by atoms with van der Waals surface area (Å²) in [5.74, 6) is 0.0135. The number of hydrogen-bond acceptors (Lipinski definition) is 1. The van der Waals surface area contributed by atoms with Gasteiger partial charge in [0.15, 0.2) is 6.67 Å². The highest BCUT2D eigenvalue weighted by molar-refractivity contribution is 5.87. The molecular formula is C12H25N2O+. The predicted octanol–water partition coefficient (Wildman–Crippen LogP) is 1.90. The monoisotopic (exact) mass is 213 g/mol. The number of quaternary nitrogens is 1. The fourth-order valence-corrected chi connectivity index (χ4v) is 1.08. The average molecular weight is 213 g/mol. The second-order valence-electron chi connectivity index (χ2n) is 4.89. The van der Waals surface area contributed by atoms with Crippen LogP contribution in [-0.4, -0.2) is 38.2 Å². The summed E-state index contributed by atoms with van der Waals surface area (Å²) in [6.07, 6.45) is 8.25. The fourth-order valence-electron chi connectivity index (χ4n) is 1.08. The minimum Gasteiger partial charge on any atom is -0.314 e. The molecule has 0 aromatic heterocycles. The van der Waals surface area contributed by atoms with Gasteiger partial charge in [-0.2, -0.15) is 0 Å². The summed E-state index contributed by atoms with van der Waals surface area (Å²) in [4.78, 5) is 11.3. The lowest BCUT2D eigenvalue weighted by molar-refractivity contribution is -0.872. The second-order valence-corrected chi connectivity index (χ2v) is 4.89. The first-order valence-corrected chi connectivity index (χ1v) is 5.70. The molecule has 1 amide bonds. The third kappa shape index (κ3) is 11.1. The lowest BCUT2D eigenvalue weighted by Crippen LogP contribution is -2.44. The first kappa shape index (κ1) is 14.2. The predicted molar refractivity (Wildman–Crippen MR) is 64.3 cm³/mol. The van der Waals surface area contributed by atoms with Gasteiger partial charge in [0.2, 0.25) is 5.91 Å².